The second-order valence-electron chi connectivity index (χ2n) is 3.03. The van der Waals surface area contributed by atoms with E-state index in [4.69, 9.17) is 17.3 Å². The number of nitrogens with two attached hydrogens (primary N) is 1. The molecule has 0 fully saturated rings. The molecule has 0 radical (unpaired) electrons. The Kier molecular flexibility index (Phi) is 4.90. The van der Waals surface area contributed by atoms with Crippen LogP contribution in [0.2, 0.25) is 5.02 Å². The normalized spacial score (nSPS) is 13.2. The van der Waals surface area contributed by atoms with Crippen LogP contribution in [0, 0.1) is 0 Å². The molecule has 0 heterocycles. The Labute approximate surface area is 96.8 Å². The second-order valence-corrected chi connectivity index (χ2v) is 3.43. The van der Waals surface area contributed by atoms with Gasteiger partial charge in [0.25, 0.3) is 0 Å². The number of alkyl halides is 3. The highest BCUT2D eigenvalue weighted by molar-refractivity contribution is 6.31. The SMILES string of the molecule is CC(N)c1ccc(Cl)c(C(F)(F)F)c1.Cl. The van der Waals surface area contributed by atoms with Crippen molar-refractivity contribution < 1.29 is 13.2 Å². The van der Waals surface area contributed by atoms with Crippen molar-refractivity contribution >= 4 is 24.0 Å². The average molecular weight is 260 g/mol. The third-order valence-electron chi connectivity index (χ3n) is 1.82. The van der Waals surface area contributed by atoms with Crippen LogP contribution in [-0.4, -0.2) is 0 Å². The quantitative estimate of drug-likeness (QED) is 0.816. The molecule has 0 saturated carbocycles. The maximum absolute atomic E-state index is 12.4. The molecule has 1 aromatic carbocycles. The number of hydrogen-bond acceptors (Lipinski definition) is 1. The Hall–Kier alpha value is -0.450. The van der Waals surface area contributed by atoms with Gasteiger partial charge in [-0.1, -0.05) is 17.7 Å². The van der Waals surface area contributed by atoms with Gasteiger partial charge in [-0.2, -0.15) is 13.2 Å². The van der Waals surface area contributed by atoms with Crippen molar-refractivity contribution in [3.63, 3.8) is 0 Å². The molecule has 0 bridgehead atoms. The van der Waals surface area contributed by atoms with E-state index in [-0.39, 0.29) is 17.4 Å². The van der Waals surface area contributed by atoms with E-state index in [2.05, 4.69) is 0 Å². The fraction of sp³-hybridized carbons (Fsp3) is 0.333. The van der Waals surface area contributed by atoms with Crippen LogP contribution in [0.3, 0.4) is 0 Å². The number of hydrogen-bond donors (Lipinski definition) is 1. The molecule has 1 aromatic rings. The maximum atomic E-state index is 12.4. The summed E-state index contributed by atoms with van der Waals surface area (Å²) in [6.45, 7) is 1.61. The fourth-order valence-electron chi connectivity index (χ4n) is 1.04. The van der Waals surface area contributed by atoms with Gasteiger partial charge in [0, 0.05) is 6.04 Å². The predicted molar refractivity (Wildman–Crippen MR) is 56.3 cm³/mol. The van der Waals surface area contributed by atoms with Gasteiger partial charge < -0.3 is 5.73 Å². The van der Waals surface area contributed by atoms with E-state index in [1.54, 1.807) is 6.92 Å². The molecule has 0 aliphatic carbocycles. The first kappa shape index (κ1) is 14.6. The molecule has 1 atom stereocenters. The van der Waals surface area contributed by atoms with E-state index in [9.17, 15) is 13.2 Å². The van der Waals surface area contributed by atoms with E-state index in [1.807, 2.05) is 0 Å². The minimum Gasteiger partial charge on any atom is -0.324 e. The largest absolute Gasteiger partial charge is 0.417 e. The lowest BCUT2D eigenvalue weighted by Gasteiger charge is -2.12. The zero-order chi connectivity index (χ0) is 10.9. The molecule has 15 heavy (non-hydrogen) atoms. The Balaban J connectivity index is 0.00000196. The summed E-state index contributed by atoms with van der Waals surface area (Å²) in [5.41, 5.74) is 5.04. The third-order valence-corrected chi connectivity index (χ3v) is 2.15. The lowest BCUT2D eigenvalue weighted by molar-refractivity contribution is -0.137. The van der Waals surface area contributed by atoms with Crippen molar-refractivity contribution in [3.8, 4) is 0 Å². The molecular weight excluding hydrogens is 250 g/mol. The lowest BCUT2D eigenvalue weighted by atomic mass is 10.1. The molecular formula is C9H10Cl2F3N. The van der Waals surface area contributed by atoms with E-state index in [0.717, 1.165) is 6.07 Å². The summed E-state index contributed by atoms with van der Waals surface area (Å²) >= 11 is 5.42. The second kappa shape index (κ2) is 5.05. The molecule has 0 aliphatic heterocycles. The standard InChI is InChI=1S/C9H9ClF3N.ClH/c1-5(14)6-2-3-8(10)7(4-6)9(11,12)13;/h2-5H,14H2,1H3;1H. The van der Waals surface area contributed by atoms with Crippen LogP contribution in [0.4, 0.5) is 13.2 Å². The molecule has 0 aromatic heterocycles. The minimum absolute atomic E-state index is 0. The summed E-state index contributed by atoms with van der Waals surface area (Å²) in [6.07, 6.45) is -4.43. The summed E-state index contributed by atoms with van der Waals surface area (Å²) in [6, 6.07) is 3.24. The smallest absolute Gasteiger partial charge is 0.324 e. The van der Waals surface area contributed by atoms with Crippen LogP contribution in [-0.2, 0) is 6.18 Å². The van der Waals surface area contributed by atoms with Crippen molar-refractivity contribution in [3.05, 3.63) is 34.3 Å². The summed E-state index contributed by atoms with van der Waals surface area (Å²) in [4.78, 5) is 0. The van der Waals surface area contributed by atoms with Crippen LogP contribution in [0.1, 0.15) is 24.1 Å². The van der Waals surface area contributed by atoms with E-state index >= 15 is 0 Å². The molecule has 6 heteroatoms. The summed E-state index contributed by atoms with van der Waals surface area (Å²) in [7, 11) is 0. The van der Waals surface area contributed by atoms with Crippen LogP contribution in [0.25, 0.3) is 0 Å². The molecule has 0 saturated heterocycles. The zero-order valence-electron chi connectivity index (χ0n) is 7.81. The monoisotopic (exact) mass is 259 g/mol. The van der Waals surface area contributed by atoms with E-state index in [0.29, 0.717) is 5.56 Å². The molecule has 86 valence electrons. The first-order valence-corrected chi connectivity index (χ1v) is 4.32. The van der Waals surface area contributed by atoms with Crippen LogP contribution < -0.4 is 5.73 Å². The van der Waals surface area contributed by atoms with Crippen molar-refractivity contribution in [1.29, 1.82) is 0 Å². The molecule has 1 rings (SSSR count). The number of benzene rings is 1. The van der Waals surface area contributed by atoms with Gasteiger partial charge in [0.2, 0.25) is 0 Å². The molecule has 0 amide bonds. The summed E-state index contributed by atoms with van der Waals surface area (Å²) in [5.74, 6) is 0. The van der Waals surface area contributed by atoms with Crippen LogP contribution in [0.15, 0.2) is 18.2 Å². The highest BCUT2D eigenvalue weighted by Crippen LogP contribution is 2.35. The summed E-state index contributed by atoms with van der Waals surface area (Å²) in [5, 5.41) is -0.304. The molecule has 1 nitrogen and oxygen atoms in total. The highest BCUT2D eigenvalue weighted by Gasteiger charge is 2.33. The molecule has 0 aliphatic rings. The third kappa shape index (κ3) is 3.55. The van der Waals surface area contributed by atoms with Gasteiger partial charge in [0.05, 0.1) is 10.6 Å². The van der Waals surface area contributed by atoms with Gasteiger partial charge in [-0.05, 0) is 24.6 Å². The average Bonchev–Trinajstić information content (AvgIpc) is 2.02. The Morgan fingerprint density at radius 2 is 1.87 bits per heavy atom. The Bertz CT molecular complexity index is 337. The Morgan fingerprint density at radius 3 is 2.27 bits per heavy atom. The Morgan fingerprint density at radius 1 is 1.33 bits per heavy atom. The van der Waals surface area contributed by atoms with Crippen LogP contribution >= 0.6 is 24.0 Å². The number of halogens is 5. The molecule has 1 unspecified atom stereocenters. The topological polar surface area (TPSA) is 26.0 Å². The van der Waals surface area contributed by atoms with Crippen molar-refractivity contribution in [2.24, 2.45) is 5.73 Å². The fourth-order valence-corrected chi connectivity index (χ4v) is 1.27. The van der Waals surface area contributed by atoms with Gasteiger partial charge in [0.15, 0.2) is 0 Å². The van der Waals surface area contributed by atoms with Crippen molar-refractivity contribution in [2.45, 2.75) is 19.1 Å². The zero-order valence-corrected chi connectivity index (χ0v) is 9.38. The van der Waals surface area contributed by atoms with Gasteiger partial charge in [-0.15, -0.1) is 12.4 Å². The van der Waals surface area contributed by atoms with E-state index < -0.39 is 17.8 Å². The van der Waals surface area contributed by atoms with Gasteiger partial charge in [-0.3, -0.25) is 0 Å². The van der Waals surface area contributed by atoms with Crippen molar-refractivity contribution in [2.75, 3.05) is 0 Å². The molecule has 2 N–H and O–H groups in total. The van der Waals surface area contributed by atoms with Gasteiger partial charge in [-0.25, -0.2) is 0 Å². The van der Waals surface area contributed by atoms with Crippen molar-refractivity contribution in [1.82, 2.24) is 0 Å². The predicted octanol–water partition coefficient (Wildman–Crippen LogP) is 3.80. The minimum atomic E-state index is -4.43. The van der Waals surface area contributed by atoms with Gasteiger partial charge in [0.1, 0.15) is 0 Å². The molecule has 0 spiro atoms. The van der Waals surface area contributed by atoms with Gasteiger partial charge >= 0.3 is 6.18 Å². The van der Waals surface area contributed by atoms with Crippen LogP contribution in [0.5, 0.6) is 0 Å². The highest BCUT2D eigenvalue weighted by atomic mass is 35.5. The first-order valence-electron chi connectivity index (χ1n) is 3.94. The summed E-state index contributed by atoms with van der Waals surface area (Å²) < 4.78 is 37.1. The lowest BCUT2D eigenvalue weighted by Crippen LogP contribution is -2.10. The maximum Gasteiger partial charge on any atom is 0.417 e. The first-order chi connectivity index (χ1) is 6.32. The van der Waals surface area contributed by atoms with E-state index in [1.165, 1.54) is 12.1 Å². The number of rotatable bonds is 1.